The Balaban J connectivity index is 4.03. The van der Waals surface area contributed by atoms with Gasteiger partial charge in [-0.3, -0.25) is 10.1 Å². The van der Waals surface area contributed by atoms with Crippen LogP contribution in [-0.2, 0) is 0 Å². The van der Waals surface area contributed by atoms with Crippen molar-refractivity contribution in [3.8, 4) is 0 Å². The molecule has 0 aromatic rings. The van der Waals surface area contributed by atoms with Crippen LogP contribution in [0.1, 0.15) is 20.8 Å². The Kier molecular flexibility index (Phi) is 4.18. The van der Waals surface area contributed by atoms with Crippen LogP contribution in [0.25, 0.3) is 0 Å². The number of hydrogen-bond acceptors (Lipinski definition) is 2. The fourth-order valence-electron chi connectivity index (χ4n) is 0.458. The zero-order valence-corrected chi connectivity index (χ0v) is 7.07. The van der Waals surface area contributed by atoms with Crippen molar-refractivity contribution in [1.82, 2.24) is 0 Å². The van der Waals surface area contributed by atoms with Crippen LogP contribution < -0.4 is 0 Å². The van der Waals surface area contributed by atoms with E-state index in [9.17, 15) is 10.1 Å². The Morgan fingerprint density at radius 3 is 2.55 bits per heavy atom. The Hall–Kier alpha value is -1.12. The molecule has 0 N–H and O–H groups in total. The molecule has 0 aliphatic rings. The van der Waals surface area contributed by atoms with Gasteiger partial charge in [-0.05, 0) is 19.9 Å². The normalized spacial score (nSPS) is 15.4. The van der Waals surface area contributed by atoms with Crippen LogP contribution in [0.5, 0.6) is 0 Å². The summed E-state index contributed by atoms with van der Waals surface area (Å²) in [6.07, 6.45) is 5.24. The molecule has 3 nitrogen and oxygen atoms in total. The minimum atomic E-state index is -0.593. The van der Waals surface area contributed by atoms with E-state index >= 15 is 0 Å². The van der Waals surface area contributed by atoms with Gasteiger partial charge in [0, 0.05) is 11.8 Å². The van der Waals surface area contributed by atoms with Gasteiger partial charge in [0.1, 0.15) is 0 Å². The first-order valence-electron chi connectivity index (χ1n) is 3.52. The first-order valence-corrected chi connectivity index (χ1v) is 3.52. The van der Waals surface area contributed by atoms with E-state index in [2.05, 4.69) is 0 Å². The summed E-state index contributed by atoms with van der Waals surface area (Å²) in [7, 11) is 0. The van der Waals surface area contributed by atoms with Gasteiger partial charge in [-0.15, -0.1) is 0 Å². The third-order valence-corrected chi connectivity index (χ3v) is 1.43. The average Bonchev–Trinajstić information content (AvgIpc) is 1.99. The second-order valence-electron chi connectivity index (χ2n) is 2.42. The highest BCUT2D eigenvalue weighted by Crippen LogP contribution is 1.97. The Labute approximate surface area is 66.6 Å². The molecule has 0 aromatic heterocycles. The standard InChI is InChI=1S/C8H13NO2/c1-4-7(2)5-6-8(3)9(10)11/h4-6,8H,1-3H3/b6-5-,7-4-. The Bertz CT molecular complexity index is 194. The van der Waals surface area contributed by atoms with E-state index in [1.807, 2.05) is 19.9 Å². The second-order valence-corrected chi connectivity index (χ2v) is 2.42. The van der Waals surface area contributed by atoms with Crippen molar-refractivity contribution < 1.29 is 4.92 Å². The van der Waals surface area contributed by atoms with Crippen molar-refractivity contribution in [2.24, 2.45) is 0 Å². The van der Waals surface area contributed by atoms with Crippen molar-refractivity contribution in [3.05, 3.63) is 33.9 Å². The maximum atomic E-state index is 10.1. The van der Waals surface area contributed by atoms with E-state index in [0.717, 1.165) is 5.57 Å². The van der Waals surface area contributed by atoms with Crippen molar-refractivity contribution >= 4 is 0 Å². The summed E-state index contributed by atoms with van der Waals surface area (Å²) in [4.78, 5) is 9.81. The molecule has 1 unspecified atom stereocenters. The summed E-state index contributed by atoms with van der Waals surface area (Å²) in [6.45, 7) is 5.36. The molecular weight excluding hydrogens is 142 g/mol. The highest BCUT2D eigenvalue weighted by atomic mass is 16.6. The molecule has 0 heterocycles. The van der Waals surface area contributed by atoms with E-state index < -0.39 is 6.04 Å². The highest BCUT2D eigenvalue weighted by molar-refractivity contribution is 5.15. The largest absolute Gasteiger partial charge is 0.264 e. The summed E-state index contributed by atoms with van der Waals surface area (Å²) >= 11 is 0. The van der Waals surface area contributed by atoms with Crippen LogP contribution in [0, 0.1) is 10.1 Å². The SMILES string of the molecule is C/C=C(C)\C=C/C(C)[N+](=O)[O-]. The molecule has 3 heteroatoms. The molecule has 0 radical (unpaired) electrons. The van der Waals surface area contributed by atoms with Gasteiger partial charge in [-0.25, -0.2) is 0 Å². The van der Waals surface area contributed by atoms with Crippen LogP contribution in [0.3, 0.4) is 0 Å². The quantitative estimate of drug-likeness (QED) is 0.356. The highest BCUT2D eigenvalue weighted by Gasteiger charge is 2.05. The first-order chi connectivity index (χ1) is 5.07. The van der Waals surface area contributed by atoms with Crippen LogP contribution in [0.2, 0.25) is 0 Å². The van der Waals surface area contributed by atoms with Gasteiger partial charge in [0.15, 0.2) is 0 Å². The third-order valence-electron chi connectivity index (χ3n) is 1.43. The van der Waals surface area contributed by atoms with Gasteiger partial charge in [0.05, 0.1) is 0 Å². The number of nitro groups is 1. The summed E-state index contributed by atoms with van der Waals surface area (Å²) in [5, 5.41) is 10.1. The lowest BCUT2D eigenvalue weighted by Crippen LogP contribution is -2.10. The molecular formula is C8H13NO2. The Morgan fingerprint density at radius 2 is 2.18 bits per heavy atom. The van der Waals surface area contributed by atoms with E-state index in [-0.39, 0.29) is 4.92 Å². The average molecular weight is 155 g/mol. The first kappa shape index (κ1) is 9.88. The van der Waals surface area contributed by atoms with Crippen LogP contribution in [0.15, 0.2) is 23.8 Å². The van der Waals surface area contributed by atoms with E-state index in [1.165, 1.54) is 0 Å². The molecule has 0 fully saturated rings. The van der Waals surface area contributed by atoms with Gasteiger partial charge < -0.3 is 0 Å². The maximum absolute atomic E-state index is 10.1. The number of nitrogens with zero attached hydrogens (tertiary/aromatic N) is 1. The van der Waals surface area contributed by atoms with Crippen molar-refractivity contribution in [2.75, 3.05) is 0 Å². The lowest BCUT2D eigenvalue weighted by Gasteiger charge is -1.94. The molecule has 1 atom stereocenters. The maximum Gasteiger partial charge on any atom is 0.228 e. The van der Waals surface area contributed by atoms with Gasteiger partial charge >= 0.3 is 0 Å². The van der Waals surface area contributed by atoms with Crippen molar-refractivity contribution in [3.63, 3.8) is 0 Å². The fraction of sp³-hybridized carbons (Fsp3) is 0.500. The zero-order valence-electron chi connectivity index (χ0n) is 7.07. The second kappa shape index (κ2) is 4.66. The lowest BCUT2D eigenvalue weighted by molar-refractivity contribution is -0.504. The van der Waals surface area contributed by atoms with E-state index in [0.29, 0.717) is 0 Å². The van der Waals surface area contributed by atoms with Gasteiger partial charge in [-0.1, -0.05) is 17.7 Å². The zero-order chi connectivity index (χ0) is 8.85. The Morgan fingerprint density at radius 1 is 1.64 bits per heavy atom. The van der Waals surface area contributed by atoms with Crippen LogP contribution in [-0.4, -0.2) is 11.0 Å². The molecule has 0 saturated carbocycles. The van der Waals surface area contributed by atoms with Gasteiger partial charge in [0.2, 0.25) is 6.04 Å². The third kappa shape index (κ3) is 4.31. The van der Waals surface area contributed by atoms with Crippen molar-refractivity contribution in [1.29, 1.82) is 0 Å². The topological polar surface area (TPSA) is 43.1 Å². The van der Waals surface area contributed by atoms with Crippen LogP contribution >= 0.6 is 0 Å². The number of hydrogen-bond donors (Lipinski definition) is 0. The smallest absolute Gasteiger partial charge is 0.228 e. The van der Waals surface area contributed by atoms with Crippen LogP contribution in [0.4, 0.5) is 0 Å². The summed E-state index contributed by atoms with van der Waals surface area (Å²) in [5.41, 5.74) is 1.04. The molecule has 0 rings (SSSR count). The molecule has 0 aromatic carbocycles. The predicted octanol–water partition coefficient (Wildman–Crippen LogP) is 2.17. The van der Waals surface area contributed by atoms with Gasteiger partial charge in [0.25, 0.3) is 0 Å². The predicted molar refractivity (Wildman–Crippen MR) is 45.0 cm³/mol. The minimum Gasteiger partial charge on any atom is -0.264 e. The summed E-state index contributed by atoms with van der Waals surface area (Å²) in [6, 6.07) is -0.593. The summed E-state index contributed by atoms with van der Waals surface area (Å²) in [5.74, 6) is 0. The van der Waals surface area contributed by atoms with E-state index in [4.69, 9.17) is 0 Å². The van der Waals surface area contributed by atoms with Crippen molar-refractivity contribution in [2.45, 2.75) is 26.8 Å². The monoisotopic (exact) mass is 155 g/mol. The molecule has 0 aliphatic heterocycles. The number of allylic oxidation sites excluding steroid dienone is 3. The molecule has 11 heavy (non-hydrogen) atoms. The molecule has 0 aliphatic carbocycles. The lowest BCUT2D eigenvalue weighted by atomic mass is 10.2. The molecule has 0 spiro atoms. The molecule has 62 valence electrons. The molecule has 0 bridgehead atoms. The minimum absolute atomic E-state index is 0.320. The van der Waals surface area contributed by atoms with Gasteiger partial charge in [-0.2, -0.15) is 0 Å². The number of rotatable bonds is 3. The van der Waals surface area contributed by atoms with E-state index in [1.54, 1.807) is 19.1 Å². The summed E-state index contributed by atoms with van der Waals surface area (Å²) < 4.78 is 0. The molecule has 0 saturated heterocycles. The fourth-order valence-corrected chi connectivity index (χ4v) is 0.458. The molecule has 0 amide bonds.